The van der Waals surface area contributed by atoms with Gasteiger partial charge < -0.3 is 0 Å². The van der Waals surface area contributed by atoms with Gasteiger partial charge in [-0.05, 0) is 30.5 Å². The van der Waals surface area contributed by atoms with Crippen LogP contribution in [-0.2, 0) is 20.8 Å². The smallest absolute Gasteiger partial charge is 0.293 e. The Labute approximate surface area is 142 Å². The van der Waals surface area contributed by atoms with E-state index in [2.05, 4.69) is 4.84 Å². The maximum atomic E-state index is 12.9. The van der Waals surface area contributed by atoms with Crippen LogP contribution in [0.1, 0.15) is 31.2 Å². The molecule has 0 amide bonds. The van der Waals surface area contributed by atoms with Gasteiger partial charge in [-0.1, -0.05) is 12.1 Å². The molecule has 8 heteroatoms. The lowest BCUT2D eigenvalue weighted by atomic mass is 10.1. The Kier molecular flexibility index (Phi) is 6.16. The van der Waals surface area contributed by atoms with Crippen LogP contribution in [0, 0.1) is 5.82 Å². The number of rotatable bonds is 6. The Morgan fingerprint density at radius 3 is 2.20 bits per heavy atom. The maximum Gasteiger partial charge on any atom is 0.497 e. The van der Waals surface area contributed by atoms with Crippen LogP contribution in [0.2, 0.25) is 0 Å². The van der Waals surface area contributed by atoms with Crippen molar-refractivity contribution in [2.24, 2.45) is 0 Å². The molecule has 138 valence electrons. The number of benzene rings is 1. The van der Waals surface area contributed by atoms with Crippen molar-refractivity contribution >= 4 is 11.8 Å². The Hall–Kier alpha value is -1.96. The first kappa shape index (κ1) is 19.4. The number of hydrogen-bond donors (Lipinski definition) is 0. The minimum absolute atomic E-state index is 0.0925. The van der Waals surface area contributed by atoms with E-state index in [1.165, 1.54) is 12.1 Å². The van der Waals surface area contributed by atoms with Gasteiger partial charge in [0.2, 0.25) is 0 Å². The average Bonchev–Trinajstić information content (AvgIpc) is 2.54. The van der Waals surface area contributed by atoms with Gasteiger partial charge >= 0.3 is 12.1 Å². The molecule has 1 aliphatic rings. The molecule has 0 aliphatic carbocycles. The van der Waals surface area contributed by atoms with Crippen molar-refractivity contribution in [2.45, 2.75) is 38.3 Å². The fourth-order valence-corrected chi connectivity index (χ4v) is 2.93. The number of ketones is 1. The Balaban J connectivity index is 1.97. The minimum atomic E-state index is -5.08. The number of piperidine rings is 1. The highest BCUT2D eigenvalue weighted by molar-refractivity contribution is 5.80. The molecule has 4 nitrogen and oxygen atoms in total. The third-order valence-corrected chi connectivity index (χ3v) is 4.21. The van der Waals surface area contributed by atoms with E-state index in [1.807, 2.05) is 0 Å². The molecule has 0 spiro atoms. The lowest BCUT2D eigenvalue weighted by Crippen LogP contribution is -2.56. The summed E-state index contributed by atoms with van der Waals surface area (Å²) in [6.45, 7) is 0.122. The van der Waals surface area contributed by atoms with Crippen molar-refractivity contribution in [3.05, 3.63) is 35.6 Å². The first-order chi connectivity index (χ1) is 11.7. The molecular formula is C17H20F4NO3+. The van der Waals surface area contributed by atoms with Crippen LogP contribution in [-0.4, -0.2) is 42.2 Å². The number of aryl methyl sites for hydroxylation is 1. The number of halogens is 4. The average molecular weight is 362 g/mol. The van der Waals surface area contributed by atoms with Crippen LogP contribution in [0.3, 0.4) is 0 Å². The number of likely N-dealkylation sites (tertiary alicyclic amines) is 1. The van der Waals surface area contributed by atoms with Crippen LogP contribution in [0.4, 0.5) is 17.6 Å². The van der Waals surface area contributed by atoms with Crippen LogP contribution in [0.25, 0.3) is 0 Å². The number of nitrogens with zero attached hydrogens (tertiary/aromatic N) is 1. The molecule has 0 bridgehead atoms. The predicted octanol–water partition coefficient (Wildman–Crippen LogP) is 3.35. The van der Waals surface area contributed by atoms with Crippen molar-refractivity contribution in [3.8, 4) is 0 Å². The second-order valence-corrected chi connectivity index (χ2v) is 6.27. The molecule has 0 N–H and O–H groups in total. The predicted molar refractivity (Wildman–Crippen MR) is 80.6 cm³/mol. The van der Waals surface area contributed by atoms with Crippen molar-refractivity contribution in [2.75, 3.05) is 19.6 Å². The molecule has 1 saturated heterocycles. The highest BCUT2D eigenvalue weighted by atomic mass is 19.4. The fraction of sp³-hybridized carbons (Fsp3) is 0.529. The number of quaternary nitrogens is 1. The number of hydroxylamine groups is 3. The van der Waals surface area contributed by atoms with E-state index in [0.29, 0.717) is 19.3 Å². The summed E-state index contributed by atoms with van der Waals surface area (Å²) < 4.78 is 49.8. The topological polar surface area (TPSA) is 43.4 Å². The Morgan fingerprint density at radius 2 is 1.64 bits per heavy atom. The van der Waals surface area contributed by atoms with Gasteiger partial charge in [0, 0.05) is 19.3 Å². The first-order valence-electron chi connectivity index (χ1n) is 8.13. The van der Waals surface area contributed by atoms with Crippen molar-refractivity contribution in [1.29, 1.82) is 0 Å². The molecule has 1 heterocycles. The van der Waals surface area contributed by atoms with Gasteiger partial charge in [-0.3, -0.25) is 9.63 Å². The van der Waals surface area contributed by atoms with Crippen molar-refractivity contribution in [3.63, 3.8) is 0 Å². The van der Waals surface area contributed by atoms with Crippen LogP contribution >= 0.6 is 0 Å². The van der Waals surface area contributed by atoms with Crippen molar-refractivity contribution < 1.29 is 36.6 Å². The second kappa shape index (κ2) is 7.95. The number of carbonyl (C=O) groups excluding carboxylic acids is 2. The van der Waals surface area contributed by atoms with Crippen LogP contribution < -0.4 is 0 Å². The molecule has 1 aliphatic heterocycles. The molecular weight excluding hydrogens is 342 g/mol. The standard InChI is InChI=1S/C17H20F4NO3/c18-14-7-4-13(5-8-14)6-9-15(23)12-22(10-2-1-3-11-22)25-16(24)17(19,20)21/h4-5,7-8H,1-3,6,9-12H2/q+1. The molecule has 2 rings (SSSR count). The van der Waals surface area contributed by atoms with Gasteiger partial charge in [-0.15, -0.1) is 4.65 Å². The van der Waals surface area contributed by atoms with Crippen LogP contribution in [0.15, 0.2) is 24.3 Å². The summed E-state index contributed by atoms with van der Waals surface area (Å²) in [5.41, 5.74) is 0.757. The summed E-state index contributed by atoms with van der Waals surface area (Å²) in [6, 6.07) is 5.67. The summed E-state index contributed by atoms with van der Waals surface area (Å²) in [5, 5.41) is 0. The minimum Gasteiger partial charge on any atom is -0.293 e. The molecule has 0 radical (unpaired) electrons. The Morgan fingerprint density at radius 1 is 1.04 bits per heavy atom. The van der Waals surface area contributed by atoms with E-state index >= 15 is 0 Å². The molecule has 0 atom stereocenters. The van der Waals surface area contributed by atoms with Gasteiger partial charge in [0.05, 0.1) is 0 Å². The Bertz CT molecular complexity index is 607. The van der Waals surface area contributed by atoms with E-state index in [4.69, 9.17) is 0 Å². The molecule has 1 aromatic rings. The summed E-state index contributed by atoms with van der Waals surface area (Å²) in [5.74, 6) is -2.94. The highest BCUT2D eigenvalue weighted by Crippen LogP contribution is 2.25. The van der Waals surface area contributed by atoms with Gasteiger partial charge in [0.1, 0.15) is 18.9 Å². The molecule has 0 saturated carbocycles. The lowest BCUT2D eigenvalue weighted by Gasteiger charge is -2.36. The summed E-state index contributed by atoms with van der Waals surface area (Å²) in [7, 11) is 0. The van der Waals surface area contributed by atoms with Crippen molar-refractivity contribution in [1.82, 2.24) is 0 Å². The number of hydrogen-bond acceptors (Lipinski definition) is 3. The van der Waals surface area contributed by atoms with Gasteiger partial charge in [0.15, 0.2) is 12.3 Å². The van der Waals surface area contributed by atoms with Gasteiger partial charge in [-0.2, -0.15) is 13.2 Å². The third-order valence-electron chi connectivity index (χ3n) is 4.21. The number of Topliss-reactive ketones (excluding diaryl/α,β-unsaturated/α-hetero) is 1. The summed E-state index contributed by atoms with van der Waals surface area (Å²) in [6.07, 6.45) is -2.62. The molecule has 1 aromatic carbocycles. The zero-order chi connectivity index (χ0) is 18.5. The lowest BCUT2D eigenvalue weighted by molar-refractivity contribution is -1.09. The van der Waals surface area contributed by atoms with Crippen LogP contribution in [0.5, 0.6) is 0 Å². The highest BCUT2D eigenvalue weighted by Gasteiger charge is 2.48. The molecule has 1 fully saturated rings. The zero-order valence-electron chi connectivity index (χ0n) is 13.7. The quantitative estimate of drug-likeness (QED) is 0.576. The van der Waals surface area contributed by atoms with E-state index in [-0.39, 0.29) is 37.7 Å². The van der Waals surface area contributed by atoms with Gasteiger partial charge in [0.25, 0.3) is 0 Å². The molecule has 25 heavy (non-hydrogen) atoms. The second-order valence-electron chi connectivity index (χ2n) is 6.27. The first-order valence-corrected chi connectivity index (χ1v) is 8.13. The summed E-state index contributed by atoms with van der Waals surface area (Å²) >= 11 is 0. The molecule has 0 unspecified atom stereocenters. The van der Waals surface area contributed by atoms with E-state index < -0.39 is 16.8 Å². The largest absolute Gasteiger partial charge is 0.497 e. The number of carbonyl (C=O) groups is 2. The SMILES string of the molecule is O=C(CCc1ccc(F)cc1)C[N+]1(OC(=O)C(F)(F)F)CCCCC1. The zero-order valence-corrected chi connectivity index (χ0v) is 13.7. The van der Waals surface area contributed by atoms with Gasteiger partial charge in [-0.25, -0.2) is 9.18 Å². The summed E-state index contributed by atoms with van der Waals surface area (Å²) in [4.78, 5) is 28.1. The fourth-order valence-electron chi connectivity index (χ4n) is 2.93. The van der Waals surface area contributed by atoms with E-state index in [1.54, 1.807) is 12.1 Å². The molecule has 0 aromatic heterocycles. The van der Waals surface area contributed by atoms with E-state index in [9.17, 15) is 27.2 Å². The normalized spacial score (nSPS) is 17.1. The third kappa shape index (κ3) is 5.81. The number of alkyl halides is 3. The maximum absolute atomic E-state index is 12.9. The van der Waals surface area contributed by atoms with E-state index in [0.717, 1.165) is 12.0 Å². The monoisotopic (exact) mass is 362 g/mol.